The molecule has 1 aromatic carbocycles. The highest BCUT2D eigenvalue weighted by atomic mass is 16.4. The first kappa shape index (κ1) is 10.6. The van der Waals surface area contributed by atoms with Gasteiger partial charge in [0.05, 0.1) is 16.7 Å². The van der Waals surface area contributed by atoms with Crippen molar-refractivity contribution in [2.24, 2.45) is 0 Å². The molecule has 1 aromatic rings. The molecule has 5 nitrogen and oxygen atoms in total. The van der Waals surface area contributed by atoms with Crippen LogP contribution in [0.25, 0.3) is 0 Å². The van der Waals surface area contributed by atoms with E-state index in [0.717, 1.165) is 0 Å². The second kappa shape index (κ2) is 3.05. The van der Waals surface area contributed by atoms with Gasteiger partial charge < -0.3 is 15.3 Å². The first-order valence-corrected chi connectivity index (χ1v) is 4.70. The molecule has 0 spiro atoms. The molecule has 0 bridgehead atoms. The van der Waals surface area contributed by atoms with Gasteiger partial charge in [-0.3, -0.25) is 0 Å². The van der Waals surface area contributed by atoms with Gasteiger partial charge in [-0.05, 0) is 24.6 Å². The largest absolute Gasteiger partial charge is 0.478 e. The molecular formula is C11H10O5. The Morgan fingerprint density at radius 3 is 2.12 bits per heavy atom. The zero-order valence-electron chi connectivity index (χ0n) is 8.52. The summed E-state index contributed by atoms with van der Waals surface area (Å²) in [5.41, 5.74) is -0.575. The number of rotatable bonds is 2. The van der Waals surface area contributed by atoms with Gasteiger partial charge >= 0.3 is 11.9 Å². The number of carboxylic acids is 2. The lowest BCUT2D eigenvalue weighted by Gasteiger charge is -2.38. The molecule has 0 aliphatic heterocycles. The second-order valence-electron chi connectivity index (χ2n) is 4.08. The summed E-state index contributed by atoms with van der Waals surface area (Å²) in [6.45, 7) is 1.48. The van der Waals surface area contributed by atoms with Gasteiger partial charge in [-0.2, -0.15) is 0 Å². The van der Waals surface area contributed by atoms with Gasteiger partial charge in [-0.25, -0.2) is 9.59 Å². The summed E-state index contributed by atoms with van der Waals surface area (Å²) in [4.78, 5) is 21.8. The Hall–Kier alpha value is -1.88. The van der Waals surface area contributed by atoms with Gasteiger partial charge in [0, 0.05) is 12.0 Å². The van der Waals surface area contributed by atoms with Crippen molar-refractivity contribution in [1.29, 1.82) is 0 Å². The molecule has 0 fully saturated rings. The number of carbonyl (C=O) groups is 2. The van der Waals surface area contributed by atoms with Crippen molar-refractivity contribution in [2.75, 3.05) is 0 Å². The average Bonchev–Trinajstić information content (AvgIpc) is 2.14. The number of hydrogen-bond donors (Lipinski definition) is 3. The number of carboxylic acid groups (broad SMARTS) is 2. The maximum absolute atomic E-state index is 10.9. The van der Waals surface area contributed by atoms with Crippen LogP contribution in [0.1, 0.15) is 38.8 Å². The highest BCUT2D eigenvalue weighted by Crippen LogP contribution is 2.42. The van der Waals surface area contributed by atoms with Crippen molar-refractivity contribution in [2.45, 2.75) is 18.9 Å². The minimum Gasteiger partial charge on any atom is -0.478 e. The average molecular weight is 222 g/mol. The summed E-state index contributed by atoms with van der Waals surface area (Å²) >= 11 is 0. The Morgan fingerprint density at radius 2 is 1.69 bits per heavy atom. The molecule has 1 unspecified atom stereocenters. The molecule has 5 heteroatoms. The van der Waals surface area contributed by atoms with Gasteiger partial charge in [0.15, 0.2) is 0 Å². The van der Waals surface area contributed by atoms with Crippen LogP contribution in [0.3, 0.4) is 0 Å². The molecule has 0 amide bonds. The third-order valence-electron chi connectivity index (χ3n) is 2.83. The van der Waals surface area contributed by atoms with Crippen LogP contribution in [0, 0.1) is 0 Å². The van der Waals surface area contributed by atoms with Crippen LogP contribution in [0.4, 0.5) is 0 Å². The fraction of sp³-hybridized carbons (Fsp3) is 0.273. The maximum Gasteiger partial charge on any atom is 0.336 e. The van der Waals surface area contributed by atoms with Gasteiger partial charge in [0.25, 0.3) is 0 Å². The summed E-state index contributed by atoms with van der Waals surface area (Å²) in [6.07, 6.45) is 0.172. The number of fused-ring (bicyclic) bond motifs is 1. The SMILES string of the molecule is CC1(O)Cc2c(C(=O)O)ccc(C(=O)O)c21. The molecule has 1 aliphatic rings. The van der Waals surface area contributed by atoms with E-state index in [-0.39, 0.29) is 23.1 Å². The standard InChI is InChI=1S/C11H10O5/c1-11(16)4-7-5(9(12)13)2-3-6(8(7)11)10(14)15/h2-3,16H,4H2,1H3,(H,12,13)(H,14,15). The molecule has 16 heavy (non-hydrogen) atoms. The highest BCUT2D eigenvalue weighted by Gasteiger charge is 2.42. The minimum absolute atomic E-state index is 0.0312. The number of aromatic carboxylic acids is 2. The minimum atomic E-state index is -1.24. The Morgan fingerprint density at radius 1 is 1.19 bits per heavy atom. The molecular weight excluding hydrogens is 212 g/mol. The normalized spacial score (nSPS) is 22.1. The van der Waals surface area contributed by atoms with E-state index in [4.69, 9.17) is 10.2 Å². The third kappa shape index (κ3) is 1.29. The molecule has 2 rings (SSSR count). The van der Waals surface area contributed by atoms with Crippen LogP contribution in [-0.4, -0.2) is 27.3 Å². The molecule has 84 valence electrons. The molecule has 0 heterocycles. The van der Waals surface area contributed by atoms with E-state index in [1.807, 2.05) is 0 Å². The van der Waals surface area contributed by atoms with E-state index in [2.05, 4.69) is 0 Å². The summed E-state index contributed by atoms with van der Waals surface area (Å²) in [7, 11) is 0. The monoisotopic (exact) mass is 222 g/mol. The Balaban J connectivity index is 2.68. The fourth-order valence-corrected chi connectivity index (χ4v) is 2.15. The summed E-state index contributed by atoms with van der Waals surface area (Å²) in [5.74, 6) is -2.27. The van der Waals surface area contributed by atoms with Crippen LogP contribution in [-0.2, 0) is 12.0 Å². The Bertz CT molecular complexity index is 501. The predicted octanol–water partition coefficient (Wildman–Crippen LogP) is 0.847. The van der Waals surface area contributed by atoms with E-state index < -0.39 is 17.5 Å². The van der Waals surface area contributed by atoms with Gasteiger partial charge in [-0.1, -0.05) is 0 Å². The highest BCUT2D eigenvalue weighted by molar-refractivity contribution is 5.96. The molecule has 1 aliphatic carbocycles. The molecule has 0 radical (unpaired) electrons. The maximum atomic E-state index is 10.9. The third-order valence-corrected chi connectivity index (χ3v) is 2.83. The van der Waals surface area contributed by atoms with Crippen molar-refractivity contribution in [3.63, 3.8) is 0 Å². The van der Waals surface area contributed by atoms with Gasteiger partial charge in [-0.15, -0.1) is 0 Å². The second-order valence-corrected chi connectivity index (χ2v) is 4.08. The number of hydrogen-bond acceptors (Lipinski definition) is 3. The van der Waals surface area contributed by atoms with Crippen molar-refractivity contribution in [3.05, 3.63) is 34.4 Å². The molecule has 3 N–H and O–H groups in total. The van der Waals surface area contributed by atoms with Crippen molar-refractivity contribution < 1.29 is 24.9 Å². The van der Waals surface area contributed by atoms with Crippen molar-refractivity contribution >= 4 is 11.9 Å². The lowest BCUT2D eigenvalue weighted by molar-refractivity contribution is 0.0285. The molecule has 0 aromatic heterocycles. The van der Waals surface area contributed by atoms with E-state index in [1.54, 1.807) is 0 Å². The van der Waals surface area contributed by atoms with Gasteiger partial charge in [0.2, 0.25) is 0 Å². The zero-order chi connectivity index (χ0) is 12.1. The summed E-state index contributed by atoms with van der Waals surface area (Å²) in [5, 5.41) is 27.7. The van der Waals surface area contributed by atoms with Crippen LogP contribution in [0.5, 0.6) is 0 Å². The topological polar surface area (TPSA) is 94.8 Å². The first-order valence-electron chi connectivity index (χ1n) is 4.70. The van der Waals surface area contributed by atoms with Crippen molar-refractivity contribution in [1.82, 2.24) is 0 Å². The number of aliphatic hydroxyl groups is 1. The van der Waals surface area contributed by atoms with E-state index in [0.29, 0.717) is 5.56 Å². The number of benzene rings is 1. The smallest absolute Gasteiger partial charge is 0.336 e. The molecule has 0 saturated heterocycles. The van der Waals surface area contributed by atoms with E-state index >= 15 is 0 Å². The first-order chi connectivity index (χ1) is 7.34. The molecule has 0 saturated carbocycles. The molecule has 1 atom stereocenters. The predicted molar refractivity (Wildman–Crippen MR) is 53.6 cm³/mol. The Kier molecular flexibility index (Phi) is 2.03. The van der Waals surface area contributed by atoms with Crippen molar-refractivity contribution in [3.8, 4) is 0 Å². The summed E-state index contributed by atoms with van der Waals surface area (Å²) < 4.78 is 0. The van der Waals surface area contributed by atoms with Crippen LogP contribution in [0.15, 0.2) is 12.1 Å². The van der Waals surface area contributed by atoms with Crippen LogP contribution >= 0.6 is 0 Å². The zero-order valence-corrected chi connectivity index (χ0v) is 8.52. The van der Waals surface area contributed by atoms with Crippen LogP contribution in [0.2, 0.25) is 0 Å². The van der Waals surface area contributed by atoms with Gasteiger partial charge in [0.1, 0.15) is 0 Å². The quantitative estimate of drug-likeness (QED) is 0.689. The lowest BCUT2D eigenvalue weighted by Crippen LogP contribution is -2.39. The summed E-state index contributed by atoms with van der Waals surface area (Å²) in [6, 6.07) is 2.48. The van der Waals surface area contributed by atoms with Crippen LogP contribution < -0.4 is 0 Å². The fourth-order valence-electron chi connectivity index (χ4n) is 2.15. The Labute approximate surface area is 91.0 Å². The van der Waals surface area contributed by atoms with E-state index in [9.17, 15) is 14.7 Å². The van der Waals surface area contributed by atoms with E-state index in [1.165, 1.54) is 19.1 Å². The lowest BCUT2D eigenvalue weighted by atomic mass is 9.70.